The topological polar surface area (TPSA) is 80.8 Å². The minimum atomic E-state index is -0.220. The smallest absolute Gasteiger partial charge is 0.258 e. The molecule has 4 aromatic rings. The second-order valence-corrected chi connectivity index (χ2v) is 8.48. The van der Waals surface area contributed by atoms with Gasteiger partial charge in [-0.15, -0.1) is 0 Å². The number of ether oxygens (including phenoxy) is 2. The van der Waals surface area contributed by atoms with Crippen molar-refractivity contribution in [1.82, 2.24) is 4.98 Å². The number of benzene rings is 3. The van der Waals surface area contributed by atoms with Crippen LogP contribution in [0.3, 0.4) is 0 Å². The van der Waals surface area contributed by atoms with Crippen molar-refractivity contribution in [2.45, 2.75) is 19.8 Å². The quantitative estimate of drug-likeness (QED) is 0.315. The molecule has 2 amide bonds. The molecule has 1 heterocycles. The summed E-state index contributed by atoms with van der Waals surface area (Å²) in [4.78, 5) is 32.5. The molecule has 0 spiro atoms. The van der Waals surface area contributed by atoms with E-state index in [1.54, 1.807) is 55.6 Å². The fourth-order valence-corrected chi connectivity index (χ4v) is 3.95. The molecule has 0 aliphatic carbocycles. The van der Waals surface area contributed by atoms with Crippen LogP contribution in [0.1, 0.15) is 37.5 Å². The summed E-state index contributed by atoms with van der Waals surface area (Å²) in [6.07, 6.45) is 1.71. The van der Waals surface area contributed by atoms with Gasteiger partial charge in [-0.1, -0.05) is 30.3 Å². The number of rotatable bonds is 10. The third-order valence-corrected chi connectivity index (χ3v) is 5.71. The van der Waals surface area contributed by atoms with Gasteiger partial charge in [0.1, 0.15) is 0 Å². The zero-order chi connectivity index (χ0) is 26.0. The number of hydrogen-bond acceptors (Lipinski definition) is 5. The molecule has 1 aromatic heterocycles. The van der Waals surface area contributed by atoms with Gasteiger partial charge < -0.3 is 19.7 Å². The van der Waals surface area contributed by atoms with E-state index in [0.29, 0.717) is 42.3 Å². The standard InChI is InChI=1S/C30H29N3O4/c1-36-20-22-7-5-9-24(17-22)29(34)32-26-12-14-28(15-13-26)33(19-27-11-3-4-16-31-27)30(35)25-10-6-8-23(18-25)21-37-2/h3-18H,19-21H2,1-2H3,(H,32,34). The van der Waals surface area contributed by atoms with E-state index in [0.717, 1.165) is 16.8 Å². The second kappa shape index (κ2) is 12.6. The van der Waals surface area contributed by atoms with Crippen molar-refractivity contribution in [1.29, 1.82) is 0 Å². The zero-order valence-electron chi connectivity index (χ0n) is 20.9. The monoisotopic (exact) mass is 495 g/mol. The van der Waals surface area contributed by atoms with Crippen molar-refractivity contribution in [2.75, 3.05) is 24.4 Å². The Hall–Kier alpha value is -4.33. The molecule has 188 valence electrons. The van der Waals surface area contributed by atoms with Gasteiger partial charge in [-0.05, 0) is 71.8 Å². The van der Waals surface area contributed by atoms with E-state index in [1.807, 2.05) is 60.7 Å². The zero-order valence-corrected chi connectivity index (χ0v) is 20.9. The Morgan fingerprint density at radius 3 is 2.05 bits per heavy atom. The summed E-state index contributed by atoms with van der Waals surface area (Å²) in [7, 11) is 3.24. The van der Waals surface area contributed by atoms with E-state index in [4.69, 9.17) is 9.47 Å². The molecule has 3 aromatic carbocycles. The Kier molecular flexibility index (Phi) is 8.75. The Morgan fingerprint density at radius 1 is 0.784 bits per heavy atom. The summed E-state index contributed by atoms with van der Waals surface area (Å²) in [5.74, 6) is -0.377. The van der Waals surface area contributed by atoms with Crippen molar-refractivity contribution in [3.8, 4) is 0 Å². The SMILES string of the molecule is COCc1cccc(C(=O)Nc2ccc(N(Cc3ccccn3)C(=O)c3cccc(COC)c3)cc2)c1. The molecule has 0 fully saturated rings. The summed E-state index contributed by atoms with van der Waals surface area (Å²) in [5, 5.41) is 2.92. The first-order valence-electron chi connectivity index (χ1n) is 11.9. The van der Waals surface area contributed by atoms with Gasteiger partial charge in [-0.3, -0.25) is 14.6 Å². The van der Waals surface area contributed by atoms with E-state index in [1.165, 1.54) is 0 Å². The van der Waals surface area contributed by atoms with E-state index in [9.17, 15) is 9.59 Å². The number of pyridine rings is 1. The maximum absolute atomic E-state index is 13.6. The Morgan fingerprint density at radius 2 is 1.43 bits per heavy atom. The first-order chi connectivity index (χ1) is 18.1. The lowest BCUT2D eigenvalue weighted by atomic mass is 10.1. The summed E-state index contributed by atoms with van der Waals surface area (Å²) in [6.45, 7) is 1.15. The molecular weight excluding hydrogens is 466 g/mol. The molecule has 0 radical (unpaired) electrons. The van der Waals surface area contributed by atoms with E-state index < -0.39 is 0 Å². The van der Waals surface area contributed by atoms with Crippen LogP contribution < -0.4 is 10.2 Å². The number of hydrogen-bond donors (Lipinski definition) is 1. The summed E-state index contributed by atoms with van der Waals surface area (Å²) in [5.41, 5.74) is 5.01. The normalized spacial score (nSPS) is 10.6. The molecule has 0 atom stereocenters. The van der Waals surface area contributed by atoms with Crippen molar-refractivity contribution < 1.29 is 19.1 Å². The van der Waals surface area contributed by atoms with Crippen LogP contribution in [0.2, 0.25) is 0 Å². The van der Waals surface area contributed by atoms with Gasteiger partial charge in [-0.25, -0.2) is 0 Å². The number of anilines is 2. The van der Waals surface area contributed by atoms with Crippen LogP contribution in [0.15, 0.2) is 97.2 Å². The van der Waals surface area contributed by atoms with Gasteiger partial charge in [0.15, 0.2) is 0 Å². The third kappa shape index (κ3) is 6.88. The minimum absolute atomic E-state index is 0.157. The molecule has 0 saturated heterocycles. The molecule has 0 bridgehead atoms. The van der Waals surface area contributed by atoms with E-state index in [2.05, 4.69) is 10.3 Å². The highest BCUT2D eigenvalue weighted by atomic mass is 16.5. The largest absolute Gasteiger partial charge is 0.380 e. The van der Waals surface area contributed by atoms with E-state index >= 15 is 0 Å². The number of nitrogens with one attached hydrogen (secondary N) is 1. The molecule has 37 heavy (non-hydrogen) atoms. The number of aromatic nitrogens is 1. The Labute approximate surface area is 216 Å². The van der Waals surface area contributed by atoms with Crippen LogP contribution in [0, 0.1) is 0 Å². The van der Waals surface area contributed by atoms with Crippen LogP contribution in [0.5, 0.6) is 0 Å². The summed E-state index contributed by atoms with van der Waals surface area (Å²) < 4.78 is 10.4. The lowest BCUT2D eigenvalue weighted by Gasteiger charge is -2.23. The molecule has 0 aliphatic heterocycles. The van der Waals surface area contributed by atoms with Gasteiger partial charge in [0.25, 0.3) is 11.8 Å². The third-order valence-electron chi connectivity index (χ3n) is 5.71. The van der Waals surface area contributed by atoms with Gasteiger partial charge in [0.05, 0.1) is 25.5 Å². The highest BCUT2D eigenvalue weighted by Gasteiger charge is 2.19. The van der Waals surface area contributed by atoms with Gasteiger partial charge >= 0.3 is 0 Å². The van der Waals surface area contributed by atoms with Crippen LogP contribution in [0.25, 0.3) is 0 Å². The van der Waals surface area contributed by atoms with Crippen molar-refractivity contribution in [2.24, 2.45) is 0 Å². The number of methoxy groups -OCH3 is 2. The second-order valence-electron chi connectivity index (χ2n) is 8.48. The lowest BCUT2D eigenvalue weighted by molar-refractivity contribution is 0.0982. The van der Waals surface area contributed by atoms with Gasteiger partial charge in [0.2, 0.25) is 0 Å². The predicted octanol–water partition coefficient (Wildman–Crippen LogP) is 5.47. The van der Waals surface area contributed by atoms with Crippen LogP contribution in [-0.4, -0.2) is 31.0 Å². The predicted molar refractivity (Wildman–Crippen MR) is 143 cm³/mol. The molecule has 0 unspecified atom stereocenters. The van der Waals surface area contributed by atoms with Gasteiger partial charge in [-0.2, -0.15) is 0 Å². The van der Waals surface area contributed by atoms with Crippen LogP contribution in [0.4, 0.5) is 11.4 Å². The maximum atomic E-state index is 13.6. The first kappa shape index (κ1) is 25.8. The minimum Gasteiger partial charge on any atom is -0.380 e. The average molecular weight is 496 g/mol. The fraction of sp³-hybridized carbons (Fsp3) is 0.167. The molecule has 4 rings (SSSR count). The van der Waals surface area contributed by atoms with Crippen molar-refractivity contribution in [3.63, 3.8) is 0 Å². The average Bonchev–Trinajstić information content (AvgIpc) is 2.93. The highest BCUT2D eigenvalue weighted by Crippen LogP contribution is 2.23. The molecule has 0 saturated carbocycles. The maximum Gasteiger partial charge on any atom is 0.258 e. The van der Waals surface area contributed by atoms with Crippen LogP contribution in [-0.2, 0) is 29.2 Å². The fourth-order valence-electron chi connectivity index (χ4n) is 3.95. The van der Waals surface area contributed by atoms with Gasteiger partial charge in [0, 0.05) is 42.9 Å². The lowest BCUT2D eigenvalue weighted by Crippen LogP contribution is -2.31. The number of carbonyl (C=O) groups is 2. The molecule has 0 aliphatic rings. The summed E-state index contributed by atoms with van der Waals surface area (Å²) in [6, 6.07) is 27.5. The van der Waals surface area contributed by atoms with E-state index in [-0.39, 0.29) is 11.8 Å². The number of carbonyl (C=O) groups excluding carboxylic acids is 2. The highest BCUT2D eigenvalue weighted by molar-refractivity contribution is 6.07. The molecular formula is C30H29N3O4. The Balaban J connectivity index is 1.56. The first-order valence-corrected chi connectivity index (χ1v) is 11.9. The summed E-state index contributed by atoms with van der Waals surface area (Å²) >= 11 is 0. The van der Waals surface area contributed by atoms with Crippen LogP contribution >= 0.6 is 0 Å². The molecule has 1 N–H and O–H groups in total. The van der Waals surface area contributed by atoms with Crippen molar-refractivity contribution >= 4 is 23.2 Å². The number of nitrogens with zero attached hydrogens (tertiary/aromatic N) is 2. The molecule has 7 nitrogen and oxygen atoms in total. The number of amides is 2. The van der Waals surface area contributed by atoms with Crippen molar-refractivity contribution in [3.05, 3.63) is 125 Å². The molecule has 7 heteroatoms. The Bertz CT molecular complexity index is 1340.